The third-order valence-electron chi connectivity index (χ3n) is 5.05. The molecule has 4 rings (SSSR count). The van der Waals surface area contributed by atoms with Gasteiger partial charge in [0.1, 0.15) is 0 Å². The number of sulfone groups is 1. The molecule has 4 aromatic rings. The van der Waals surface area contributed by atoms with Gasteiger partial charge in [0.15, 0.2) is 15.0 Å². The first kappa shape index (κ1) is 21.1. The molecule has 0 aliphatic carbocycles. The topological polar surface area (TPSA) is 80.2 Å². The number of carbonyl (C=O) groups is 1. The lowest BCUT2D eigenvalue weighted by atomic mass is 10.1. The molecule has 2 aromatic carbocycles. The highest BCUT2D eigenvalue weighted by atomic mass is 32.2. The van der Waals surface area contributed by atoms with E-state index in [9.17, 15) is 13.2 Å². The van der Waals surface area contributed by atoms with Crippen molar-refractivity contribution in [2.45, 2.75) is 25.3 Å². The molecule has 2 aromatic heterocycles. The molecule has 0 spiro atoms. The minimum atomic E-state index is -3.58. The summed E-state index contributed by atoms with van der Waals surface area (Å²) in [6.07, 6.45) is 4.45. The summed E-state index contributed by atoms with van der Waals surface area (Å²) in [7, 11) is -3.58. The molecular weight excluding hydrogens is 430 g/mol. The van der Waals surface area contributed by atoms with Crippen molar-refractivity contribution in [2.75, 3.05) is 11.2 Å². The smallest absolute Gasteiger partial charge is 0.261 e. The van der Waals surface area contributed by atoms with Crippen LogP contribution in [0, 0.1) is 13.8 Å². The van der Waals surface area contributed by atoms with E-state index in [1.165, 1.54) is 28.4 Å². The second-order valence-electron chi connectivity index (χ2n) is 7.42. The third kappa shape index (κ3) is 4.35. The molecule has 0 aliphatic heterocycles. The van der Waals surface area contributed by atoms with E-state index < -0.39 is 15.7 Å². The van der Waals surface area contributed by atoms with E-state index in [-0.39, 0.29) is 17.0 Å². The van der Waals surface area contributed by atoms with Gasteiger partial charge < -0.3 is 0 Å². The number of rotatable bonds is 5. The van der Waals surface area contributed by atoms with Crippen LogP contribution in [-0.4, -0.2) is 30.5 Å². The van der Waals surface area contributed by atoms with Gasteiger partial charge in [0.25, 0.3) is 5.91 Å². The van der Waals surface area contributed by atoms with Gasteiger partial charge in [-0.3, -0.25) is 14.7 Å². The fourth-order valence-corrected chi connectivity index (χ4v) is 5.22. The van der Waals surface area contributed by atoms with Crippen molar-refractivity contribution in [3.63, 3.8) is 0 Å². The number of aryl methyl sites for hydroxylation is 2. The van der Waals surface area contributed by atoms with Crippen LogP contribution in [0.15, 0.2) is 65.8 Å². The first-order chi connectivity index (χ1) is 14.7. The van der Waals surface area contributed by atoms with Crippen molar-refractivity contribution < 1.29 is 13.2 Å². The van der Waals surface area contributed by atoms with Gasteiger partial charge in [-0.1, -0.05) is 29.5 Å². The summed E-state index contributed by atoms with van der Waals surface area (Å²) in [5.41, 5.74) is 4.02. The zero-order valence-corrected chi connectivity index (χ0v) is 19.0. The van der Waals surface area contributed by atoms with Crippen molar-refractivity contribution in [3.05, 3.63) is 83.2 Å². The Bertz CT molecular complexity index is 1340. The lowest BCUT2D eigenvalue weighted by Crippen LogP contribution is -2.31. The van der Waals surface area contributed by atoms with E-state index in [0.29, 0.717) is 5.13 Å². The Morgan fingerprint density at radius 3 is 2.52 bits per heavy atom. The molecule has 2 heterocycles. The van der Waals surface area contributed by atoms with Gasteiger partial charge in [0, 0.05) is 18.6 Å². The molecule has 31 heavy (non-hydrogen) atoms. The normalized spacial score (nSPS) is 11.6. The largest absolute Gasteiger partial charge is 0.279 e. The van der Waals surface area contributed by atoms with Gasteiger partial charge in [-0.2, -0.15) is 0 Å². The molecule has 0 fully saturated rings. The fraction of sp³-hybridized carbons (Fsp3) is 0.174. The van der Waals surface area contributed by atoms with Crippen LogP contribution in [-0.2, 0) is 16.4 Å². The van der Waals surface area contributed by atoms with Crippen LogP contribution >= 0.6 is 11.3 Å². The standard InChI is InChI=1S/C23H21N3O3S2/c1-15-11-19-20(12-16(15)2)30-23(25-19)26(14-17-7-6-10-24-13-17)22(27)18-8-4-5-9-21(18)31(3,28)29/h4-13H,14H2,1-3H3. The number of thiazole rings is 1. The monoisotopic (exact) mass is 451 g/mol. The van der Waals surface area contributed by atoms with Gasteiger partial charge in [0.2, 0.25) is 0 Å². The summed E-state index contributed by atoms with van der Waals surface area (Å²) in [5.74, 6) is -0.419. The zero-order valence-electron chi connectivity index (χ0n) is 17.4. The van der Waals surface area contributed by atoms with Crippen LogP contribution in [0.5, 0.6) is 0 Å². The number of hydrogen-bond donors (Lipinski definition) is 0. The predicted octanol–water partition coefficient (Wildman–Crippen LogP) is 4.56. The molecular formula is C23H21N3O3S2. The number of pyridine rings is 1. The number of aromatic nitrogens is 2. The average molecular weight is 452 g/mol. The summed E-state index contributed by atoms with van der Waals surface area (Å²) in [4.78, 5) is 24.0. The van der Waals surface area contributed by atoms with Crippen LogP contribution < -0.4 is 4.90 Å². The molecule has 0 bridgehead atoms. The van der Waals surface area contributed by atoms with E-state index in [0.717, 1.165) is 33.2 Å². The first-order valence-corrected chi connectivity index (χ1v) is 12.3. The van der Waals surface area contributed by atoms with Gasteiger partial charge in [0.05, 0.1) is 27.2 Å². The number of hydrogen-bond acceptors (Lipinski definition) is 6. The van der Waals surface area contributed by atoms with Crippen LogP contribution in [0.4, 0.5) is 5.13 Å². The van der Waals surface area contributed by atoms with E-state index in [1.807, 2.05) is 26.0 Å². The molecule has 0 saturated carbocycles. The highest BCUT2D eigenvalue weighted by Crippen LogP contribution is 2.33. The molecule has 0 radical (unpaired) electrons. The maximum Gasteiger partial charge on any atom is 0.261 e. The lowest BCUT2D eigenvalue weighted by Gasteiger charge is -2.21. The quantitative estimate of drug-likeness (QED) is 0.444. The van der Waals surface area contributed by atoms with E-state index in [1.54, 1.807) is 30.6 Å². The Morgan fingerprint density at radius 1 is 1.06 bits per heavy atom. The molecule has 0 N–H and O–H groups in total. The first-order valence-electron chi connectivity index (χ1n) is 9.61. The van der Waals surface area contributed by atoms with Crippen LogP contribution in [0.2, 0.25) is 0 Å². The van der Waals surface area contributed by atoms with E-state index in [4.69, 9.17) is 4.98 Å². The molecule has 8 heteroatoms. The zero-order chi connectivity index (χ0) is 22.2. The molecule has 0 atom stereocenters. The summed E-state index contributed by atoms with van der Waals surface area (Å²) in [6.45, 7) is 4.28. The van der Waals surface area contributed by atoms with Crippen LogP contribution in [0.25, 0.3) is 10.2 Å². The maximum atomic E-state index is 13.6. The summed E-state index contributed by atoms with van der Waals surface area (Å²) in [6, 6.07) is 14.0. The maximum absolute atomic E-state index is 13.6. The van der Waals surface area contributed by atoms with E-state index >= 15 is 0 Å². The molecule has 0 saturated heterocycles. The Balaban J connectivity index is 1.85. The van der Waals surface area contributed by atoms with Gasteiger partial charge in [-0.15, -0.1) is 0 Å². The molecule has 1 amide bonds. The van der Waals surface area contributed by atoms with Gasteiger partial charge >= 0.3 is 0 Å². The van der Waals surface area contributed by atoms with Crippen molar-refractivity contribution in [1.82, 2.24) is 9.97 Å². The van der Waals surface area contributed by atoms with E-state index in [2.05, 4.69) is 11.1 Å². The van der Waals surface area contributed by atoms with Crippen molar-refractivity contribution in [3.8, 4) is 0 Å². The Kier molecular flexibility index (Phi) is 5.60. The second kappa shape index (κ2) is 8.20. The lowest BCUT2D eigenvalue weighted by molar-refractivity contribution is 0.0982. The summed E-state index contributed by atoms with van der Waals surface area (Å²) < 4.78 is 25.6. The number of anilines is 1. The highest BCUT2D eigenvalue weighted by molar-refractivity contribution is 7.90. The third-order valence-corrected chi connectivity index (χ3v) is 7.25. The molecule has 0 aliphatic rings. The van der Waals surface area contributed by atoms with Crippen LogP contribution in [0.1, 0.15) is 27.0 Å². The highest BCUT2D eigenvalue weighted by Gasteiger charge is 2.26. The predicted molar refractivity (Wildman–Crippen MR) is 123 cm³/mol. The Hall–Kier alpha value is -3.10. The summed E-state index contributed by atoms with van der Waals surface area (Å²) in [5, 5.41) is 0.511. The summed E-state index contributed by atoms with van der Waals surface area (Å²) >= 11 is 1.41. The number of fused-ring (bicyclic) bond motifs is 1. The number of benzene rings is 2. The number of nitrogens with zero attached hydrogens (tertiary/aromatic N) is 3. The minimum absolute atomic E-state index is 0.00369. The Labute approximate surface area is 185 Å². The van der Waals surface area contributed by atoms with Crippen molar-refractivity contribution in [2.24, 2.45) is 0 Å². The fourth-order valence-electron chi connectivity index (χ4n) is 3.30. The minimum Gasteiger partial charge on any atom is -0.279 e. The van der Waals surface area contributed by atoms with Crippen LogP contribution in [0.3, 0.4) is 0 Å². The number of carbonyl (C=O) groups excluding carboxylic acids is 1. The van der Waals surface area contributed by atoms with Gasteiger partial charge in [-0.05, 0) is 60.9 Å². The SMILES string of the molecule is Cc1cc2nc(N(Cc3cccnc3)C(=O)c3ccccc3S(C)(=O)=O)sc2cc1C. The average Bonchev–Trinajstić information content (AvgIpc) is 3.14. The molecule has 0 unspecified atom stereocenters. The molecule has 158 valence electrons. The van der Waals surface area contributed by atoms with Crippen molar-refractivity contribution >= 4 is 42.4 Å². The number of amides is 1. The van der Waals surface area contributed by atoms with Gasteiger partial charge in [-0.25, -0.2) is 13.4 Å². The molecule has 6 nitrogen and oxygen atoms in total. The van der Waals surface area contributed by atoms with Crippen molar-refractivity contribution in [1.29, 1.82) is 0 Å². The Morgan fingerprint density at radius 2 is 1.81 bits per heavy atom. The second-order valence-corrected chi connectivity index (χ2v) is 10.4.